The standard InChI is InChI=1S/C14H16N4O/c1-9(10-5-3-2-4-6-10)15-14(19)13-16-12(17-18-13)11-7-8-11/h2-6,9,11H,7-8H2,1H3,(H,15,19)(H,16,17,18)/t9-/m0/s1. The summed E-state index contributed by atoms with van der Waals surface area (Å²) < 4.78 is 0. The first-order valence-electron chi connectivity index (χ1n) is 6.52. The summed E-state index contributed by atoms with van der Waals surface area (Å²) in [6.45, 7) is 1.95. The van der Waals surface area contributed by atoms with Crippen molar-refractivity contribution in [2.24, 2.45) is 0 Å². The zero-order valence-corrected chi connectivity index (χ0v) is 10.8. The zero-order valence-electron chi connectivity index (χ0n) is 10.8. The van der Waals surface area contributed by atoms with E-state index in [-0.39, 0.29) is 17.8 Å². The number of aromatic nitrogens is 3. The number of benzene rings is 1. The Morgan fingerprint density at radius 1 is 1.37 bits per heavy atom. The largest absolute Gasteiger partial charge is 0.343 e. The van der Waals surface area contributed by atoms with E-state index < -0.39 is 0 Å². The summed E-state index contributed by atoms with van der Waals surface area (Å²) in [5, 5.41) is 9.72. The smallest absolute Gasteiger partial charge is 0.291 e. The van der Waals surface area contributed by atoms with E-state index in [1.807, 2.05) is 37.3 Å². The second-order valence-electron chi connectivity index (χ2n) is 4.92. The summed E-state index contributed by atoms with van der Waals surface area (Å²) in [6, 6.07) is 9.77. The molecule has 1 fully saturated rings. The third-order valence-corrected chi connectivity index (χ3v) is 3.32. The highest BCUT2D eigenvalue weighted by molar-refractivity contribution is 5.90. The molecule has 1 aliphatic rings. The van der Waals surface area contributed by atoms with Crippen LogP contribution in [-0.2, 0) is 0 Å². The van der Waals surface area contributed by atoms with Crippen LogP contribution >= 0.6 is 0 Å². The lowest BCUT2D eigenvalue weighted by Crippen LogP contribution is -2.27. The number of rotatable bonds is 4. The highest BCUT2D eigenvalue weighted by Crippen LogP contribution is 2.37. The average molecular weight is 256 g/mol. The van der Waals surface area contributed by atoms with Crippen molar-refractivity contribution in [3.8, 4) is 0 Å². The van der Waals surface area contributed by atoms with E-state index in [0.717, 1.165) is 24.2 Å². The van der Waals surface area contributed by atoms with Gasteiger partial charge in [0.2, 0.25) is 5.82 Å². The molecule has 1 aromatic carbocycles. The third kappa shape index (κ3) is 2.65. The number of amides is 1. The molecule has 1 aliphatic carbocycles. The summed E-state index contributed by atoms with van der Waals surface area (Å²) in [6.07, 6.45) is 2.27. The van der Waals surface area contributed by atoms with E-state index in [1.54, 1.807) is 0 Å². The fourth-order valence-corrected chi connectivity index (χ4v) is 2.00. The van der Waals surface area contributed by atoms with Crippen LogP contribution in [0.1, 0.15) is 53.7 Å². The van der Waals surface area contributed by atoms with Crippen molar-refractivity contribution in [3.05, 3.63) is 47.5 Å². The molecule has 1 saturated carbocycles. The van der Waals surface area contributed by atoms with Crippen LogP contribution in [-0.4, -0.2) is 21.1 Å². The molecule has 1 amide bonds. The minimum atomic E-state index is -0.237. The molecule has 0 aliphatic heterocycles. The lowest BCUT2D eigenvalue weighted by molar-refractivity contribution is 0.0929. The van der Waals surface area contributed by atoms with Crippen LogP contribution in [0.15, 0.2) is 30.3 Å². The van der Waals surface area contributed by atoms with Crippen LogP contribution in [0, 0.1) is 0 Å². The lowest BCUT2D eigenvalue weighted by atomic mass is 10.1. The number of hydrogen-bond acceptors (Lipinski definition) is 3. The van der Waals surface area contributed by atoms with Gasteiger partial charge in [-0.05, 0) is 25.3 Å². The maximum atomic E-state index is 12.0. The first-order chi connectivity index (χ1) is 9.24. The van der Waals surface area contributed by atoms with Crippen molar-refractivity contribution >= 4 is 5.91 Å². The van der Waals surface area contributed by atoms with Gasteiger partial charge in [0.1, 0.15) is 5.82 Å². The quantitative estimate of drug-likeness (QED) is 0.880. The number of carbonyl (C=O) groups excluding carboxylic acids is 1. The first-order valence-corrected chi connectivity index (χ1v) is 6.52. The van der Waals surface area contributed by atoms with Gasteiger partial charge in [0.05, 0.1) is 6.04 Å². The Morgan fingerprint density at radius 3 is 2.79 bits per heavy atom. The highest BCUT2D eigenvalue weighted by Gasteiger charge is 2.28. The van der Waals surface area contributed by atoms with E-state index in [9.17, 15) is 4.79 Å². The molecule has 1 aromatic heterocycles. The molecular formula is C14H16N4O. The maximum absolute atomic E-state index is 12.0. The van der Waals surface area contributed by atoms with E-state index in [4.69, 9.17) is 0 Å². The summed E-state index contributed by atoms with van der Waals surface area (Å²) in [5.41, 5.74) is 1.06. The molecule has 0 radical (unpaired) electrons. The molecule has 5 nitrogen and oxygen atoms in total. The predicted molar refractivity (Wildman–Crippen MR) is 70.7 cm³/mol. The van der Waals surface area contributed by atoms with Gasteiger partial charge in [-0.3, -0.25) is 9.89 Å². The molecule has 0 bridgehead atoms. The topological polar surface area (TPSA) is 70.7 Å². The minimum Gasteiger partial charge on any atom is -0.343 e. The van der Waals surface area contributed by atoms with Gasteiger partial charge < -0.3 is 5.32 Å². The van der Waals surface area contributed by atoms with E-state index >= 15 is 0 Å². The second kappa shape index (κ2) is 4.84. The molecule has 19 heavy (non-hydrogen) atoms. The van der Waals surface area contributed by atoms with Crippen molar-refractivity contribution in [2.75, 3.05) is 0 Å². The Hall–Kier alpha value is -2.17. The maximum Gasteiger partial charge on any atom is 0.291 e. The molecule has 3 rings (SSSR count). The Balaban J connectivity index is 1.66. The molecule has 1 heterocycles. The molecule has 2 N–H and O–H groups in total. The van der Waals surface area contributed by atoms with Crippen molar-refractivity contribution in [1.82, 2.24) is 20.5 Å². The van der Waals surface area contributed by atoms with Crippen LogP contribution in [0.4, 0.5) is 0 Å². The van der Waals surface area contributed by atoms with Gasteiger partial charge >= 0.3 is 0 Å². The summed E-state index contributed by atoms with van der Waals surface area (Å²) >= 11 is 0. The lowest BCUT2D eigenvalue weighted by Gasteiger charge is -2.12. The number of nitrogens with zero attached hydrogens (tertiary/aromatic N) is 2. The monoisotopic (exact) mass is 256 g/mol. The van der Waals surface area contributed by atoms with Gasteiger partial charge in [0.25, 0.3) is 5.91 Å². The number of carbonyl (C=O) groups is 1. The number of nitrogens with one attached hydrogen (secondary N) is 2. The van der Waals surface area contributed by atoms with Gasteiger partial charge in [0.15, 0.2) is 0 Å². The number of hydrogen-bond donors (Lipinski definition) is 2. The van der Waals surface area contributed by atoms with Crippen molar-refractivity contribution in [2.45, 2.75) is 31.7 Å². The Labute approximate surface area is 111 Å². The Bertz CT molecular complexity index is 574. The van der Waals surface area contributed by atoms with Crippen LogP contribution in [0.5, 0.6) is 0 Å². The van der Waals surface area contributed by atoms with E-state index in [0.29, 0.717) is 5.92 Å². The van der Waals surface area contributed by atoms with Gasteiger partial charge in [-0.25, -0.2) is 4.98 Å². The third-order valence-electron chi connectivity index (χ3n) is 3.32. The second-order valence-corrected chi connectivity index (χ2v) is 4.92. The molecule has 0 saturated heterocycles. The minimum absolute atomic E-state index is 0.0587. The summed E-state index contributed by atoms with van der Waals surface area (Å²) in [4.78, 5) is 16.3. The van der Waals surface area contributed by atoms with Gasteiger partial charge in [0, 0.05) is 5.92 Å². The van der Waals surface area contributed by atoms with Gasteiger partial charge in [-0.1, -0.05) is 30.3 Å². The SMILES string of the molecule is C[C@H](NC(=O)c1n[nH]c(C2CC2)n1)c1ccccc1. The molecule has 98 valence electrons. The molecule has 1 atom stereocenters. The molecule has 0 spiro atoms. The molecular weight excluding hydrogens is 240 g/mol. The van der Waals surface area contributed by atoms with Crippen molar-refractivity contribution < 1.29 is 4.79 Å². The van der Waals surface area contributed by atoms with Crippen LogP contribution in [0.25, 0.3) is 0 Å². The van der Waals surface area contributed by atoms with Crippen LogP contribution < -0.4 is 5.32 Å². The highest BCUT2D eigenvalue weighted by atomic mass is 16.2. The fourth-order valence-electron chi connectivity index (χ4n) is 2.00. The Kier molecular flexibility index (Phi) is 3.03. The van der Waals surface area contributed by atoms with E-state index in [1.165, 1.54) is 0 Å². The summed E-state index contributed by atoms with van der Waals surface area (Å²) in [5.74, 6) is 1.29. The van der Waals surface area contributed by atoms with Crippen LogP contribution in [0.3, 0.4) is 0 Å². The number of aromatic amines is 1. The van der Waals surface area contributed by atoms with Crippen molar-refractivity contribution in [3.63, 3.8) is 0 Å². The van der Waals surface area contributed by atoms with Gasteiger partial charge in [-0.2, -0.15) is 0 Å². The normalized spacial score (nSPS) is 16.1. The molecule has 2 aromatic rings. The average Bonchev–Trinajstić information content (AvgIpc) is 3.17. The first kappa shape index (κ1) is 11.9. The fraction of sp³-hybridized carbons (Fsp3) is 0.357. The van der Waals surface area contributed by atoms with Gasteiger partial charge in [-0.15, -0.1) is 5.10 Å². The Morgan fingerprint density at radius 2 is 2.11 bits per heavy atom. The van der Waals surface area contributed by atoms with Crippen molar-refractivity contribution in [1.29, 1.82) is 0 Å². The molecule has 5 heteroatoms. The predicted octanol–water partition coefficient (Wildman–Crippen LogP) is 2.17. The zero-order chi connectivity index (χ0) is 13.2. The number of H-pyrrole nitrogens is 1. The van der Waals surface area contributed by atoms with Crippen LogP contribution in [0.2, 0.25) is 0 Å². The molecule has 0 unspecified atom stereocenters. The van der Waals surface area contributed by atoms with E-state index in [2.05, 4.69) is 20.5 Å². The summed E-state index contributed by atoms with van der Waals surface area (Å²) in [7, 11) is 0.